The van der Waals surface area contributed by atoms with Gasteiger partial charge in [0.05, 0.1) is 12.7 Å². The zero-order valence-electron chi connectivity index (χ0n) is 19.3. The van der Waals surface area contributed by atoms with E-state index in [-0.39, 0.29) is 16.2 Å². The van der Waals surface area contributed by atoms with E-state index in [9.17, 15) is 18.0 Å². The van der Waals surface area contributed by atoms with Gasteiger partial charge >= 0.3 is 5.97 Å². The maximum absolute atomic E-state index is 13.0. The summed E-state index contributed by atoms with van der Waals surface area (Å²) >= 11 is 0. The Balaban J connectivity index is 1.39. The number of nitrogens with zero attached hydrogens (tertiary/aromatic N) is 1. The van der Waals surface area contributed by atoms with E-state index in [0.717, 1.165) is 24.0 Å². The summed E-state index contributed by atoms with van der Waals surface area (Å²) in [6, 6.07) is 21.2. The average Bonchev–Trinajstić information content (AvgIpc) is 3.44. The lowest BCUT2D eigenvalue weighted by atomic mass is 10.1. The first-order valence-corrected chi connectivity index (χ1v) is 12.6. The molecular formula is C26H26N2O6S. The highest BCUT2D eigenvalue weighted by molar-refractivity contribution is 7.89. The van der Waals surface area contributed by atoms with Gasteiger partial charge in [-0.05, 0) is 54.3 Å². The molecule has 4 rings (SSSR count). The number of methoxy groups -OCH3 is 1. The van der Waals surface area contributed by atoms with Crippen molar-refractivity contribution in [1.29, 1.82) is 0 Å². The van der Waals surface area contributed by atoms with E-state index in [1.54, 1.807) is 12.1 Å². The summed E-state index contributed by atoms with van der Waals surface area (Å²) in [6.07, 6.45) is 1.57. The van der Waals surface area contributed by atoms with Gasteiger partial charge in [-0.2, -0.15) is 4.31 Å². The lowest BCUT2D eigenvalue weighted by Crippen LogP contribution is -2.28. The van der Waals surface area contributed by atoms with Gasteiger partial charge < -0.3 is 14.8 Å². The highest BCUT2D eigenvalue weighted by Crippen LogP contribution is 2.30. The van der Waals surface area contributed by atoms with Gasteiger partial charge in [0.2, 0.25) is 10.0 Å². The van der Waals surface area contributed by atoms with Crippen LogP contribution in [0.4, 0.5) is 5.69 Å². The van der Waals surface area contributed by atoms with Crippen LogP contribution in [0.3, 0.4) is 0 Å². The number of esters is 1. The fraction of sp³-hybridized carbons (Fsp3) is 0.231. The summed E-state index contributed by atoms with van der Waals surface area (Å²) in [5.41, 5.74) is 2.65. The molecular weight excluding hydrogens is 468 g/mol. The molecule has 0 spiro atoms. The number of hydrogen-bond acceptors (Lipinski definition) is 6. The van der Waals surface area contributed by atoms with Gasteiger partial charge in [0, 0.05) is 18.8 Å². The van der Waals surface area contributed by atoms with Crippen LogP contribution in [-0.2, 0) is 19.6 Å². The minimum Gasteiger partial charge on any atom is -0.495 e. The molecule has 1 N–H and O–H groups in total. The van der Waals surface area contributed by atoms with Gasteiger partial charge in [0.25, 0.3) is 5.91 Å². The summed E-state index contributed by atoms with van der Waals surface area (Å²) in [5.74, 6) is -1.17. The summed E-state index contributed by atoms with van der Waals surface area (Å²) in [4.78, 5) is 24.7. The minimum atomic E-state index is -3.81. The number of ether oxygens (including phenoxy) is 2. The number of carbonyl (C=O) groups excluding carboxylic acids is 2. The van der Waals surface area contributed by atoms with Crippen LogP contribution in [0.1, 0.15) is 23.2 Å². The summed E-state index contributed by atoms with van der Waals surface area (Å²) < 4.78 is 37.7. The summed E-state index contributed by atoms with van der Waals surface area (Å²) in [6.45, 7) is 0.332. The lowest BCUT2D eigenvalue weighted by molar-refractivity contribution is -0.119. The normalized spacial score (nSPS) is 13.9. The Hall–Kier alpha value is -3.69. The predicted octanol–water partition coefficient (Wildman–Crippen LogP) is 3.94. The quantitative estimate of drug-likeness (QED) is 0.476. The molecule has 3 aromatic carbocycles. The predicted molar refractivity (Wildman–Crippen MR) is 132 cm³/mol. The van der Waals surface area contributed by atoms with Gasteiger partial charge in [0.1, 0.15) is 10.6 Å². The van der Waals surface area contributed by atoms with E-state index in [4.69, 9.17) is 9.47 Å². The summed E-state index contributed by atoms with van der Waals surface area (Å²) in [7, 11) is -2.44. The van der Waals surface area contributed by atoms with E-state index in [2.05, 4.69) is 5.32 Å². The molecule has 9 heteroatoms. The van der Waals surface area contributed by atoms with Crippen LogP contribution in [0.15, 0.2) is 77.7 Å². The number of benzene rings is 3. The standard InChI is InChI=1S/C26H26N2O6S/c1-33-23-14-11-21(17-24(23)35(31,32)28-15-5-6-16-28)26(30)34-18-25(29)27-22-12-9-20(10-13-22)19-7-3-2-4-8-19/h2-4,7-14,17H,5-6,15-16,18H2,1H3,(H,27,29). The molecule has 3 aromatic rings. The van der Waals surface area contributed by atoms with E-state index in [1.165, 1.54) is 29.6 Å². The molecule has 1 saturated heterocycles. The van der Waals surface area contributed by atoms with Crippen molar-refractivity contribution in [2.24, 2.45) is 0 Å². The Morgan fingerprint density at radius 2 is 1.57 bits per heavy atom. The number of rotatable bonds is 8. The Morgan fingerprint density at radius 1 is 0.914 bits per heavy atom. The smallest absolute Gasteiger partial charge is 0.338 e. The molecule has 0 bridgehead atoms. The SMILES string of the molecule is COc1ccc(C(=O)OCC(=O)Nc2ccc(-c3ccccc3)cc2)cc1S(=O)(=O)N1CCCC1. The van der Waals surface area contributed by atoms with Crippen molar-refractivity contribution in [3.05, 3.63) is 78.4 Å². The van der Waals surface area contributed by atoms with E-state index < -0.39 is 28.5 Å². The average molecular weight is 495 g/mol. The van der Waals surface area contributed by atoms with Gasteiger partial charge in [-0.25, -0.2) is 13.2 Å². The van der Waals surface area contributed by atoms with Crippen molar-refractivity contribution in [2.45, 2.75) is 17.7 Å². The number of sulfonamides is 1. The molecule has 0 atom stereocenters. The third-order valence-electron chi connectivity index (χ3n) is 5.69. The van der Waals surface area contributed by atoms with Crippen LogP contribution < -0.4 is 10.1 Å². The topological polar surface area (TPSA) is 102 Å². The van der Waals surface area contributed by atoms with Gasteiger partial charge in [-0.3, -0.25) is 4.79 Å². The molecule has 0 unspecified atom stereocenters. The minimum absolute atomic E-state index is 0.0172. The fourth-order valence-corrected chi connectivity index (χ4v) is 5.56. The van der Waals surface area contributed by atoms with Crippen molar-refractivity contribution in [3.8, 4) is 16.9 Å². The molecule has 1 amide bonds. The molecule has 8 nitrogen and oxygen atoms in total. The largest absolute Gasteiger partial charge is 0.495 e. The second-order valence-electron chi connectivity index (χ2n) is 8.04. The number of carbonyl (C=O) groups is 2. The first-order valence-electron chi connectivity index (χ1n) is 11.2. The summed E-state index contributed by atoms with van der Waals surface area (Å²) in [5, 5.41) is 2.68. The zero-order valence-corrected chi connectivity index (χ0v) is 20.1. The highest BCUT2D eigenvalue weighted by Gasteiger charge is 2.31. The maximum Gasteiger partial charge on any atom is 0.338 e. The first-order chi connectivity index (χ1) is 16.9. The Bertz CT molecular complexity index is 1300. The first kappa shape index (κ1) is 24.4. The van der Waals surface area contributed by atoms with E-state index in [0.29, 0.717) is 18.8 Å². The molecule has 0 aliphatic carbocycles. The van der Waals surface area contributed by atoms with Crippen molar-refractivity contribution in [3.63, 3.8) is 0 Å². The number of anilines is 1. The van der Waals surface area contributed by atoms with Crippen LogP contribution >= 0.6 is 0 Å². The van der Waals surface area contributed by atoms with Crippen molar-refractivity contribution in [1.82, 2.24) is 4.31 Å². The monoisotopic (exact) mass is 494 g/mol. The highest BCUT2D eigenvalue weighted by atomic mass is 32.2. The molecule has 0 saturated carbocycles. The van der Waals surface area contributed by atoms with Crippen LogP contribution in [-0.4, -0.2) is 51.4 Å². The Labute approximate surface area is 204 Å². The number of hydrogen-bond donors (Lipinski definition) is 1. The van der Waals surface area contributed by atoms with E-state index >= 15 is 0 Å². The third kappa shape index (κ3) is 5.70. The van der Waals surface area contributed by atoms with E-state index in [1.807, 2.05) is 42.5 Å². The van der Waals surface area contributed by atoms with Crippen molar-refractivity contribution in [2.75, 3.05) is 32.1 Å². The van der Waals surface area contributed by atoms with Crippen molar-refractivity contribution >= 4 is 27.6 Å². The molecule has 1 aliphatic rings. The molecule has 182 valence electrons. The maximum atomic E-state index is 13.0. The molecule has 35 heavy (non-hydrogen) atoms. The Kier molecular flexibility index (Phi) is 7.48. The molecule has 1 aliphatic heterocycles. The fourth-order valence-electron chi connectivity index (χ4n) is 3.86. The van der Waals surface area contributed by atoms with Crippen LogP contribution in [0.2, 0.25) is 0 Å². The third-order valence-corrected chi connectivity index (χ3v) is 7.61. The molecule has 1 heterocycles. The molecule has 0 radical (unpaired) electrons. The van der Waals surface area contributed by atoms with Gasteiger partial charge in [-0.15, -0.1) is 0 Å². The molecule has 0 aromatic heterocycles. The number of nitrogens with one attached hydrogen (secondary N) is 1. The van der Waals surface area contributed by atoms with Crippen molar-refractivity contribution < 1.29 is 27.5 Å². The zero-order chi connectivity index (χ0) is 24.8. The van der Waals surface area contributed by atoms with Crippen LogP contribution in [0, 0.1) is 0 Å². The van der Waals surface area contributed by atoms with Crippen LogP contribution in [0.5, 0.6) is 5.75 Å². The second kappa shape index (κ2) is 10.7. The lowest BCUT2D eigenvalue weighted by Gasteiger charge is -2.18. The van der Waals surface area contributed by atoms with Crippen LogP contribution in [0.25, 0.3) is 11.1 Å². The second-order valence-corrected chi connectivity index (χ2v) is 9.95. The molecule has 1 fully saturated rings. The number of amides is 1. The van der Waals surface area contributed by atoms with Gasteiger partial charge in [-0.1, -0.05) is 42.5 Å². The van der Waals surface area contributed by atoms with Gasteiger partial charge in [0.15, 0.2) is 6.61 Å². The Morgan fingerprint density at radius 3 is 2.23 bits per heavy atom.